The van der Waals surface area contributed by atoms with Gasteiger partial charge in [0.2, 0.25) is 0 Å². The summed E-state index contributed by atoms with van der Waals surface area (Å²) < 4.78 is 11.3. The lowest BCUT2D eigenvalue weighted by Crippen LogP contribution is -2.57. The van der Waals surface area contributed by atoms with E-state index in [1.807, 2.05) is 20.8 Å². The molecule has 0 bridgehead atoms. The maximum atomic E-state index is 11.1. The standard InChI is InChI=1S/C13H22O4/c1-10(2,3)13(15)12-6-4-5-11(12,7-17-13)9(14)16-8-12/h9,14-15H,4-8H2,1-3H3/t9?,11-,12-,13?/m0/s1. The first-order valence-electron chi connectivity index (χ1n) is 6.45. The fourth-order valence-corrected chi connectivity index (χ4v) is 4.34. The van der Waals surface area contributed by atoms with Gasteiger partial charge in [0, 0.05) is 5.41 Å². The van der Waals surface area contributed by atoms with Crippen molar-refractivity contribution in [3.8, 4) is 0 Å². The highest BCUT2D eigenvalue weighted by Crippen LogP contribution is 2.71. The molecule has 4 nitrogen and oxygen atoms in total. The molecule has 0 aromatic heterocycles. The van der Waals surface area contributed by atoms with Crippen molar-refractivity contribution in [2.45, 2.75) is 52.1 Å². The number of rotatable bonds is 0. The van der Waals surface area contributed by atoms with Crippen molar-refractivity contribution < 1.29 is 19.7 Å². The van der Waals surface area contributed by atoms with Crippen molar-refractivity contribution in [3.05, 3.63) is 0 Å². The highest BCUT2D eigenvalue weighted by atomic mass is 16.7. The highest BCUT2D eigenvalue weighted by molar-refractivity contribution is 5.20. The summed E-state index contributed by atoms with van der Waals surface area (Å²) in [5.74, 6) is -1.20. The minimum Gasteiger partial charge on any atom is -0.367 e. The van der Waals surface area contributed by atoms with Crippen LogP contribution in [0.2, 0.25) is 0 Å². The third kappa shape index (κ3) is 1.05. The van der Waals surface area contributed by atoms with Gasteiger partial charge in [0.1, 0.15) is 0 Å². The van der Waals surface area contributed by atoms with E-state index >= 15 is 0 Å². The van der Waals surface area contributed by atoms with E-state index in [2.05, 4.69) is 0 Å². The van der Waals surface area contributed by atoms with Crippen LogP contribution in [-0.2, 0) is 9.47 Å². The minimum absolute atomic E-state index is 0.382. The van der Waals surface area contributed by atoms with E-state index in [9.17, 15) is 10.2 Å². The van der Waals surface area contributed by atoms with Gasteiger partial charge in [-0.05, 0) is 12.8 Å². The summed E-state index contributed by atoms with van der Waals surface area (Å²) in [7, 11) is 0. The molecule has 1 aliphatic carbocycles. The molecule has 2 heterocycles. The van der Waals surface area contributed by atoms with Gasteiger partial charge in [-0.25, -0.2) is 0 Å². The fraction of sp³-hybridized carbons (Fsp3) is 1.00. The molecule has 2 N–H and O–H groups in total. The molecule has 4 atom stereocenters. The van der Waals surface area contributed by atoms with Crippen LogP contribution in [0.25, 0.3) is 0 Å². The second-order valence-corrected chi connectivity index (χ2v) is 6.94. The van der Waals surface area contributed by atoms with Crippen LogP contribution in [0.1, 0.15) is 40.0 Å². The van der Waals surface area contributed by atoms with Gasteiger partial charge in [-0.15, -0.1) is 0 Å². The van der Waals surface area contributed by atoms with Crippen LogP contribution >= 0.6 is 0 Å². The van der Waals surface area contributed by atoms with Crippen LogP contribution in [0.15, 0.2) is 0 Å². The molecule has 3 fully saturated rings. The van der Waals surface area contributed by atoms with Crippen molar-refractivity contribution in [2.75, 3.05) is 13.2 Å². The summed E-state index contributed by atoms with van der Waals surface area (Å²) in [4.78, 5) is 0. The fourth-order valence-electron chi connectivity index (χ4n) is 4.34. The van der Waals surface area contributed by atoms with Crippen molar-refractivity contribution in [3.63, 3.8) is 0 Å². The van der Waals surface area contributed by atoms with Gasteiger partial charge in [-0.2, -0.15) is 0 Å². The Morgan fingerprint density at radius 2 is 1.88 bits per heavy atom. The van der Waals surface area contributed by atoms with Crippen molar-refractivity contribution in [1.29, 1.82) is 0 Å². The van der Waals surface area contributed by atoms with Gasteiger partial charge >= 0.3 is 0 Å². The molecule has 3 aliphatic rings. The monoisotopic (exact) mass is 242 g/mol. The number of aliphatic hydroxyl groups excluding tert-OH is 1. The molecule has 17 heavy (non-hydrogen) atoms. The van der Waals surface area contributed by atoms with Gasteiger partial charge in [0.05, 0.1) is 24.0 Å². The van der Waals surface area contributed by atoms with Crippen LogP contribution in [0.3, 0.4) is 0 Å². The topological polar surface area (TPSA) is 58.9 Å². The van der Waals surface area contributed by atoms with E-state index in [-0.39, 0.29) is 5.41 Å². The molecule has 0 spiro atoms. The molecule has 2 aliphatic heterocycles. The zero-order valence-electron chi connectivity index (χ0n) is 10.8. The van der Waals surface area contributed by atoms with E-state index < -0.39 is 22.9 Å². The Hall–Kier alpha value is -0.160. The van der Waals surface area contributed by atoms with E-state index in [1.165, 1.54) is 0 Å². The van der Waals surface area contributed by atoms with Gasteiger partial charge in [-0.1, -0.05) is 27.2 Å². The lowest BCUT2D eigenvalue weighted by Gasteiger charge is -2.47. The molecule has 1 saturated carbocycles. The zero-order chi connectivity index (χ0) is 12.5. The number of ether oxygens (including phenoxy) is 2. The maximum absolute atomic E-state index is 11.1. The van der Waals surface area contributed by atoms with E-state index in [0.717, 1.165) is 19.3 Å². The van der Waals surface area contributed by atoms with Crippen molar-refractivity contribution in [1.82, 2.24) is 0 Å². The summed E-state index contributed by atoms with van der Waals surface area (Å²) in [6.45, 7) is 6.77. The molecule has 0 aromatic rings. The lowest BCUT2D eigenvalue weighted by molar-refractivity contribution is -0.290. The van der Waals surface area contributed by atoms with Crippen LogP contribution in [0, 0.1) is 16.2 Å². The molecular formula is C13H22O4. The number of hydrogen-bond acceptors (Lipinski definition) is 4. The Labute approximate surface area is 102 Å². The third-order valence-electron chi connectivity index (χ3n) is 5.34. The zero-order valence-corrected chi connectivity index (χ0v) is 10.8. The summed E-state index contributed by atoms with van der Waals surface area (Å²) in [6.07, 6.45) is 1.99. The number of hydrogen-bond donors (Lipinski definition) is 2. The Bertz CT molecular complexity index is 350. The van der Waals surface area contributed by atoms with Crippen LogP contribution < -0.4 is 0 Å². The highest BCUT2D eigenvalue weighted by Gasteiger charge is 2.78. The van der Waals surface area contributed by atoms with Crippen molar-refractivity contribution in [2.24, 2.45) is 16.2 Å². The molecule has 0 amide bonds. The second-order valence-electron chi connectivity index (χ2n) is 6.94. The maximum Gasteiger partial charge on any atom is 0.179 e. The molecule has 0 radical (unpaired) electrons. The van der Waals surface area contributed by atoms with Crippen LogP contribution in [0.5, 0.6) is 0 Å². The molecule has 98 valence electrons. The second kappa shape index (κ2) is 3.05. The van der Waals surface area contributed by atoms with Gasteiger partial charge in [0.15, 0.2) is 12.1 Å². The Morgan fingerprint density at radius 3 is 2.53 bits per heavy atom. The van der Waals surface area contributed by atoms with E-state index in [1.54, 1.807) is 0 Å². The average Bonchev–Trinajstić information content (AvgIpc) is 2.78. The quantitative estimate of drug-likeness (QED) is 0.671. The van der Waals surface area contributed by atoms with Gasteiger partial charge in [0.25, 0.3) is 0 Å². The first-order chi connectivity index (χ1) is 7.79. The molecule has 2 saturated heterocycles. The predicted molar refractivity (Wildman–Crippen MR) is 61.0 cm³/mol. The smallest absolute Gasteiger partial charge is 0.179 e. The molecule has 3 rings (SSSR count). The summed E-state index contributed by atoms with van der Waals surface area (Å²) in [5, 5.41) is 21.2. The summed E-state index contributed by atoms with van der Waals surface area (Å²) >= 11 is 0. The first kappa shape index (κ1) is 11.9. The predicted octanol–water partition coefficient (Wildman–Crippen LogP) is 1.26. The molecule has 4 heteroatoms. The minimum atomic E-state index is -1.20. The van der Waals surface area contributed by atoms with Gasteiger partial charge < -0.3 is 19.7 Å². The van der Waals surface area contributed by atoms with Crippen LogP contribution in [-0.4, -0.2) is 35.5 Å². The normalized spacial score (nSPS) is 53.8. The van der Waals surface area contributed by atoms with E-state index in [0.29, 0.717) is 13.2 Å². The van der Waals surface area contributed by atoms with Crippen molar-refractivity contribution >= 4 is 0 Å². The first-order valence-corrected chi connectivity index (χ1v) is 6.45. The summed E-state index contributed by atoms with van der Waals surface area (Å²) in [5.41, 5.74) is -1.21. The summed E-state index contributed by atoms with van der Waals surface area (Å²) in [6, 6.07) is 0. The van der Waals surface area contributed by atoms with Gasteiger partial charge in [-0.3, -0.25) is 0 Å². The molecule has 2 unspecified atom stereocenters. The SMILES string of the molecule is CC(C)(C)C1(O)OC[C@]23CCC[C@@]12COC3O. The largest absolute Gasteiger partial charge is 0.367 e. The lowest BCUT2D eigenvalue weighted by atomic mass is 9.59. The Kier molecular flexibility index (Phi) is 2.13. The molecular weight excluding hydrogens is 220 g/mol. The Balaban J connectivity index is 2.13. The number of aliphatic hydroxyl groups is 2. The van der Waals surface area contributed by atoms with E-state index in [4.69, 9.17) is 9.47 Å². The Morgan fingerprint density at radius 1 is 1.18 bits per heavy atom. The van der Waals surface area contributed by atoms with Crippen LogP contribution in [0.4, 0.5) is 0 Å². The average molecular weight is 242 g/mol. The third-order valence-corrected chi connectivity index (χ3v) is 5.34. The molecule has 0 aromatic carbocycles.